The Morgan fingerprint density at radius 2 is 1.91 bits per heavy atom. The van der Waals surface area contributed by atoms with Crippen molar-refractivity contribution >= 4 is 38.8 Å². The Balaban J connectivity index is 1.12. The fourth-order valence-corrected chi connectivity index (χ4v) is 6.19. The number of thiophene rings is 1. The summed E-state index contributed by atoms with van der Waals surface area (Å²) in [4.78, 5) is 17.8. The van der Waals surface area contributed by atoms with Crippen molar-refractivity contribution in [3.8, 4) is 5.75 Å². The van der Waals surface area contributed by atoms with Gasteiger partial charge in [-0.2, -0.15) is 0 Å². The molecule has 0 atom stereocenters. The number of amides is 2. The lowest BCUT2D eigenvalue weighted by Gasteiger charge is -2.37. The lowest BCUT2D eigenvalue weighted by Crippen LogP contribution is -2.46. The monoisotopic (exact) mass is 464 g/mol. The van der Waals surface area contributed by atoms with E-state index in [1.54, 1.807) is 11.3 Å². The van der Waals surface area contributed by atoms with Crippen LogP contribution in [-0.4, -0.2) is 50.3 Å². The van der Waals surface area contributed by atoms with Gasteiger partial charge in [0.05, 0.1) is 18.0 Å². The third-order valence-corrected chi connectivity index (χ3v) is 7.90. The van der Waals surface area contributed by atoms with Crippen molar-refractivity contribution in [1.82, 2.24) is 4.90 Å². The highest BCUT2D eigenvalue weighted by molar-refractivity contribution is 7.19. The average molecular weight is 465 g/mol. The van der Waals surface area contributed by atoms with E-state index in [-0.39, 0.29) is 0 Å². The molecule has 0 spiro atoms. The number of nitrogens with one attached hydrogen (secondary N) is 1. The van der Waals surface area contributed by atoms with Crippen molar-refractivity contribution in [1.29, 1.82) is 0 Å². The molecular formula is C26H32N4O2S. The van der Waals surface area contributed by atoms with Crippen molar-refractivity contribution in [3.05, 3.63) is 52.9 Å². The fraction of sp³-hybridized carbons (Fsp3) is 0.423. The van der Waals surface area contributed by atoms with Crippen LogP contribution in [0.4, 0.5) is 16.2 Å². The normalized spacial score (nSPS) is 16.4. The van der Waals surface area contributed by atoms with Gasteiger partial charge in [0.2, 0.25) is 0 Å². The molecule has 6 nitrogen and oxygen atoms in total. The Kier molecular flexibility index (Phi) is 6.69. The number of unbranched alkanes of at least 4 members (excludes halogenated alkanes) is 1. The van der Waals surface area contributed by atoms with Crippen LogP contribution in [0.5, 0.6) is 5.75 Å². The molecule has 2 aliphatic heterocycles. The number of primary amides is 1. The number of carbonyl (C=O) groups is 1. The van der Waals surface area contributed by atoms with Gasteiger partial charge in [-0.1, -0.05) is 30.3 Å². The predicted octanol–water partition coefficient (Wildman–Crippen LogP) is 4.86. The van der Waals surface area contributed by atoms with E-state index in [0.717, 1.165) is 88.3 Å². The zero-order valence-electron chi connectivity index (χ0n) is 19.0. The molecule has 0 saturated carbocycles. The SMILES string of the molecule is NC(=O)Nc1c(CCCCN2CCN(c3cccc4c3OCCC4)CC2)sc2ccccc12. The smallest absolute Gasteiger partial charge is 0.316 e. The number of nitrogens with two attached hydrogens (primary N) is 1. The number of rotatable bonds is 7. The Morgan fingerprint density at radius 3 is 2.76 bits per heavy atom. The van der Waals surface area contributed by atoms with Crippen molar-refractivity contribution in [2.75, 3.05) is 49.5 Å². The number of ether oxygens (including phenoxy) is 1. The minimum Gasteiger partial charge on any atom is -0.491 e. The predicted molar refractivity (Wildman–Crippen MR) is 137 cm³/mol. The second-order valence-electron chi connectivity index (χ2n) is 8.89. The third kappa shape index (κ3) is 4.94. The molecule has 2 amide bonds. The van der Waals surface area contributed by atoms with E-state index in [1.165, 1.54) is 20.8 Å². The molecule has 7 heteroatoms. The number of para-hydroxylation sites is 1. The molecule has 0 radical (unpaired) electrons. The van der Waals surface area contributed by atoms with Crippen LogP contribution in [0.2, 0.25) is 0 Å². The van der Waals surface area contributed by atoms with Crippen molar-refractivity contribution in [3.63, 3.8) is 0 Å². The zero-order chi connectivity index (χ0) is 22.6. The summed E-state index contributed by atoms with van der Waals surface area (Å²) in [7, 11) is 0. The molecule has 2 aliphatic rings. The highest BCUT2D eigenvalue weighted by Gasteiger charge is 2.22. The maximum atomic E-state index is 11.5. The van der Waals surface area contributed by atoms with Gasteiger partial charge in [0, 0.05) is 41.1 Å². The van der Waals surface area contributed by atoms with Crippen LogP contribution in [0.15, 0.2) is 42.5 Å². The summed E-state index contributed by atoms with van der Waals surface area (Å²) in [5.41, 5.74) is 8.94. The molecule has 5 rings (SSSR count). The molecule has 2 aromatic carbocycles. The molecule has 1 aromatic heterocycles. The Morgan fingerprint density at radius 1 is 1.06 bits per heavy atom. The summed E-state index contributed by atoms with van der Waals surface area (Å²) in [6.45, 7) is 6.20. The molecule has 0 bridgehead atoms. The summed E-state index contributed by atoms with van der Waals surface area (Å²) in [6.07, 6.45) is 5.45. The fourth-order valence-electron chi connectivity index (χ4n) is 4.99. The molecule has 0 unspecified atom stereocenters. The number of carbonyl (C=O) groups excluding carboxylic acids is 1. The summed E-state index contributed by atoms with van der Waals surface area (Å²) in [6, 6.07) is 14.3. The first kappa shape index (κ1) is 22.0. The molecule has 3 N–H and O–H groups in total. The maximum Gasteiger partial charge on any atom is 0.316 e. The second-order valence-corrected chi connectivity index (χ2v) is 10.0. The van der Waals surface area contributed by atoms with Gasteiger partial charge in [0.1, 0.15) is 5.75 Å². The van der Waals surface area contributed by atoms with Crippen LogP contribution in [0.3, 0.4) is 0 Å². The van der Waals surface area contributed by atoms with E-state index >= 15 is 0 Å². The van der Waals surface area contributed by atoms with Gasteiger partial charge < -0.3 is 20.7 Å². The highest BCUT2D eigenvalue weighted by atomic mass is 32.1. The summed E-state index contributed by atoms with van der Waals surface area (Å²) < 4.78 is 7.22. The molecule has 0 aliphatic carbocycles. The number of nitrogens with zero attached hydrogens (tertiary/aromatic N) is 2. The van der Waals surface area contributed by atoms with Crippen molar-refractivity contribution in [2.24, 2.45) is 5.73 Å². The van der Waals surface area contributed by atoms with E-state index in [4.69, 9.17) is 10.5 Å². The van der Waals surface area contributed by atoms with Crippen LogP contribution in [-0.2, 0) is 12.8 Å². The first-order chi connectivity index (χ1) is 16.2. The van der Waals surface area contributed by atoms with Gasteiger partial charge in [0.15, 0.2) is 0 Å². The van der Waals surface area contributed by atoms with E-state index in [0.29, 0.717) is 0 Å². The molecule has 1 saturated heterocycles. The minimum absolute atomic E-state index is 0.497. The highest BCUT2D eigenvalue weighted by Crippen LogP contribution is 2.37. The summed E-state index contributed by atoms with van der Waals surface area (Å²) >= 11 is 1.76. The number of aryl methyl sites for hydroxylation is 2. The van der Waals surface area contributed by atoms with Gasteiger partial charge in [0.25, 0.3) is 0 Å². The van der Waals surface area contributed by atoms with Gasteiger partial charge in [-0.05, 0) is 56.3 Å². The number of hydrogen-bond acceptors (Lipinski definition) is 5. The number of benzene rings is 2. The van der Waals surface area contributed by atoms with Crippen LogP contribution >= 0.6 is 11.3 Å². The zero-order valence-corrected chi connectivity index (χ0v) is 19.8. The van der Waals surface area contributed by atoms with Gasteiger partial charge >= 0.3 is 6.03 Å². The van der Waals surface area contributed by atoms with Crippen LogP contribution < -0.4 is 20.7 Å². The summed E-state index contributed by atoms with van der Waals surface area (Å²) in [5, 5.41) is 3.93. The Hall–Kier alpha value is -2.77. The molecular weight excluding hydrogens is 432 g/mol. The standard InChI is InChI=1S/C26H32N4O2S/c27-26(31)28-24-20-9-1-2-11-22(20)33-23(24)12-3-4-13-29-14-16-30(17-15-29)21-10-5-7-19-8-6-18-32-25(19)21/h1-2,5,7,9-11H,3-4,6,8,12-18H2,(H3,27,28,31). The van der Waals surface area contributed by atoms with Gasteiger partial charge in [-0.3, -0.25) is 4.90 Å². The van der Waals surface area contributed by atoms with E-state index in [2.05, 4.69) is 45.4 Å². The molecule has 3 heterocycles. The van der Waals surface area contributed by atoms with Crippen LogP contribution in [0.25, 0.3) is 10.1 Å². The maximum absolute atomic E-state index is 11.5. The minimum atomic E-state index is -0.497. The molecule has 1 fully saturated rings. The number of piperazine rings is 1. The van der Waals surface area contributed by atoms with E-state index < -0.39 is 6.03 Å². The third-order valence-electron chi connectivity index (χ3n) is 6.67. The molecule has 3 aromatic rings. The average Bonchev–Trinajstić information content (AvgIpc) is 3.18. The number of anilines is 2. The second kappa shape index (κ2) is 10.0. The largest absolute Gasteiger partial charge is 0.491 e. The number of urea groups is 1. The first-order valence-electron chi connectivity index (χ1n) is 12.0. The van der Waals surface area contributed by atoms with Crippen molar-refractivity contribution < 1.29 is 9.53 Å². The number of hydrogen-bond donors (Lipinski definition) is 2. The van der Waals surface area contributed by atoms with Gasteiger partial charge in [-0.15, -0.1) is 11.3 Å². The quantitative estimate of drug-likeness (QED) is 0.490. The summed E-state index contributed by atoms with van der Waals surface area (Å²) in [5.74, 6) is 1.11. The topological polar surface area (TPSA) is 70.8 Å². The Bertz CT molecular complexity index is 1120. The molecule has 174 valence electrons. The van der Waals surface area contributed by atoms with Crippen LogP contribution in [0, 0.1) is 0 Å². The van der Waals surface area contributed by atoms with Gasteiger partial charge in [-0.25, -0.2) is 4.79 Å². The van der Waals surface area contributed by atoms with Crippen molar-refractivity contribution in [2.45, 2.75) is 32.1 Å². The Labute approximate surface area is 199 Å². The molecule has 33 heavy (non-hydrogen) atoms. The van der Waals surface area contributed by atoms with E-state index in [1.807, 2.05) is 12.1 Å². The lowest BCUT2D eigenvalue weighted by atomic mass is 10.0. The van der Waals surface area contributed by atoms with Crippen LogP contribution in [0.1, 0.15) is 29.7 Å². The van der Waals surface area contributed by atoms with E-state index in [9.17, 15) is 4.79 Å². The lowest BCUT2D eigenvalue weighted by molar-refractivity contribution is 0.250. The first-order valence-corrected chi connectivity index (χ1v) is 12.8. The number of fused-ring (bicyclic) bond motifs is 2.